The fourth-order valence-corrected chi connectivity index (χ4v) is 2.96. The van der Waals surface area contributed by atoms with Crippen LogP contribution in [0.15, 0.2) is 11.6 Å². The number of methoxy groups -OCH3 is 1. The third kappa shape index (κ3) is 3.22. The van der Waals surface area contributed by atoms with E-state index in [2.05, 4.69) is 0 Å². The van der Waals surface area contributed by atoms with Crippen molar-refractivity contribution in [2.24, 2.45) is 5.92 Å². The Bertz CT molecular complexity index is 717. The highest BCUT2D eigenvalue weighted by Gasteiger charge is 2.31. The summed E-state index contributed by atoms with van der Waals surface area (Å²) >= 11 is 0. The van der Waals surface area contributed by atoms with Gasteiger partial charge in [-0.3, -0.25) is 4.79 Å². The summed E-state index contributed by atoms with van der Waals surface area (Å²) in [4.78, 5) is 22.8. The maximum Gasteiger partial charge on any atom is 0.342 e. The van der Waals surface area contributed by atoms with Crippen molar-refractivity contribution < 1.29 is 29.3 Å². The van der Waals surface area contributed by atoms with Gasteiger partial charge in [-0.25, -0.2) is 4.79 Å². The molecule has 0 aliphatic carbocycles. The highest BCUT2D eigenvalue weighted by atomic mass is 16.5. The maximum atomic E-state index is 11.8. The summed E-state index contributed by atoms with van der Waals surface area (Å²) in [7, 11) is 1.51. The highest BCUT2D eigenvalue weighted by molar-refractivity contribution is 5.98. The van der Waals surface area contributed by atoms with Crippen LogP contribution >= 0.6 is 0 Å². The minimum atomic E-state index is -0.848. The molecule has 0 saturated carbocycles. The van der Waals surface area contributed by atoms with E-state index in [0.717, 1.165) is 11.1 Å². The van der Waals surface area contributed by atoms with Crippen molar-refractivity contribution >= 4 is 11.9 Å². The number of carbonyl (C=O) groups excluding carboxylic acids is 1. The van der Waals surface area contributed by atoms with Crippen LogP contribution in [0.3, 0.4) is 0 Å². The number of fused-ring (bicyclic) bond motifs is 1. The maximum absolute atomic E-state index is 11.8. The number of cyclic esters (lactones) is 1. The average molecular weight is 334 g/mol. The number of carboxylic acids is 1. The molecule has 0 fully saturated rings. The zero-order valence-electron chi connectivity index (χ0n) is 14.3. The molecular weight excluding hydrogens is 312 g/mol. The lowest BCUT2D eigenvalue weighted by Gasteiger charge is -2.16. The molecule has 6 nitrogen and oxygen atoms in total. The standard InChI is InChI=1S/C18H22O6/c1-9(7-10(2)17(20)21)5-6-12-15(19)14-13(8-24-18(14)22)11(3)16(12)23-4/h5,10,19H,6-8H2,1-4H3,(H,20,21)/t10-/m0/s1. The van der Waals surface area contributed by atoms with Gasteiger partial charge < -0.3 is 19.7 Å². The first-order valence-electron chi connectivity index (χ1n) is 7.74. The predicted octanol–water partition coefficient (Wildman–Crippen LogP) is 2.98. The zero-order chi connectivity index (χ0) is 18.0. The predicted molar refractivity (Wildman–Crippen MR) is 87.4 cm³/mol. The van der Waals surface area contributed by atoms with Crippen LogP contribution in [0.5, 0.6) is 11.5 Å². The lowest BCUT2D eigenvalue weighted by Crippen LogP contribution is -2.09. The van der Waals surface area contributed by atoms with Crippen LogP contribution < -0.4 is 4.74 Å². The number of benzene rings is 1. The Morgan fingerprint density at radius 3 is 2.71 bits per heavy atom. The number of esters is 1. The van der Waals surface area contributed by atoms with Crippen molar-refractivity contribution in [1.29, 1.82) is 0 Å². The molecule has 2 N–H and O–H groups in total. The van der Waals surface area contributed by atoms with E-state index in [9.17, 15) is 14.7 Å². The third-order valence-corrected chi connectivity index (χ3v) is 4.35. The van der Waals surface area contributed by atoms with Gasteiger partial charge in [0.15, 0.2) is 0 Å². The van der Waals surface area contributed by atoms with Gasteiger partial charge in [0, 0.05) is 11.1 Å². The molecule has 1 aliphatic heterocycles. The quantitative estimate of drug-likeness (QED) is 0.614. The van der Waals surface area contributed by atoms with Crippen molar-refractivity contribution in [1.82, 2.24) is 0 Å². The number of ether oxygens (including phenoxy) is 2. The van der Waals surface area contributed by atoms with Gasteiger partial charge in [0.05, 0.1) is 13.0 Å². The van der Waals surface area contributed by atoms with E-state index >= 15 is 0 Å². The van der Waals surface area contributed by atoms with E-state index in [1.807, 2.05) is 19.9 Å². The van der Waals surface area contributed by atoms with Crippen LogP contribution in [-0.4, -0.2) is 29.3 Å². The molecule has 0 saturated heterocycles. The topological polar surface area (TPSA) is 93.1 Å². The molecule has 0 spiro atoms. The number of carbonyl (C=O) groups is 2. The number of aliphatic carboxylic acids is 1. The number of allylic oxidation sites excluding steroid dienone is 2. The number of hydrogen-bond donors (Lipinski definition) is 2. The Hall–Kier alpha value is -2.50. The molecule has 1 heterocycles. The largest absolute Gasteiger partial charge is 0.507 e. The van der Waals surface area contributed by atoms with E-state index in [-0.39, 0.29) is 17.9 Å². The van der Waals surface area contributed by atoms with Crippen LogP contribution in [0.4, 0.5) is 0 Å². The van der Waals surface area contributed by atoms with E-state index in [0.29, 0.717) is 29.7 Å². The molecule has 0 radical (unpaired) electrons. The van der Waals surface area contributed by atoms with Crippen molar-refractivity contribution in [2.45, 2.75) is 40.2 Å². The minimum absolute atomic E-state index is 0.120. The summed E-state index contributed by atoms with van der Waals surface area (Å²) in [5, 5.41) is 19.5. The lowest BCUT2D eigenvalue weighted by atomic mass is 9.94. The van der Waals surface area contributed by atoms with Crippen LogP contribution in [0, 0.1) is 12.8 Å². The monoisotopic (exact) mass is 334 g/mol. The fourth-order valence-electron chi connectivity index (χ4n) is 2.96. The second kappa shape index (κ2) is 6.95. The Morgan fingerprint density at radius 2 is 2.12 bits per heavy atom. The molecule has 0 bridgehead atoms. The first kappa shape index (κ1) is 17.8. The summed E-state index contributed by atoms with van der Waals surface area (Å²) in [5.41, 5.74) is 3.03. The van der Waals surface area contributed by atoms with E-state index in [4.69, 9.17) is 14.6 Å². The van der Waals surface area contributed by atoms with Gasteiger partial charge in [0.25, 0.3) is 0 Å². The van der Waals surface area contributed by atoms with Gasteiger partial charge in [0.1, 0.15) is 23.7 Å². The Morgan fingerprint density at radius 1 is 1.46 bits per heavy atom. The number of phenolic OH excluding ortho intramolecular Hbond substituents is 1. The van der Waals surface area contributed by atoms with Gasteiger partial charge in [-0.1, -0.05) is 18.6 Å². The summed E-state index contributed by atoms with van der Waals surface area (Å²) in [6.07, 6.45) is 2.61. The van der Waals surface area contributed by atoms with E-state index < -0.39 is 17.9 Å². The fraction of sp³-hybridized carbons (Fsp3) is 0.444. The van der Waals surface area contributed by atoms with Crippen LogP contribution in [0.2, 0.25) is 0 Å². The molecule has 130 valence electrons. The Balaban J connectivity index is 2.37. The van der Waals surface area contributed by atoms with Crippen molar-refractivity contribution in [3.8, 4) is 11.5 Å². The Labute approximate surface area is 140 Å². The SMILES string of the molecule is COc1c(C)c2c(c(O)c1CC=C(C)C[C@H](C)C(=O)O)C(=O)OC2. The molecule has 1 atom stereocenters. The zero-order valence-corrected chi connectivity index (χ0v) is 14.3. The summed E-state index contributed by atoms with van der Waals surface area (Å²) in [5.74, 6) is -1.45. The van der Waals surface area contributed by atoms with E-state index in [1.54, 1.807) is 6.92 Å². The Kier molecular flexibility index (Phi) is 5.17. The molecule has 0 aromatic heterocycles. The number of rotatable bonds is 6. The van der Waals surface area contributed by atoms with Gasteiger partial charge >= 0.3 is 11.9 Å². The van der Waals surface area contributed by atoms with Crippen molar-refractivity contribution in [3.63, 3.8) is 0 Å². The molecule has 6 heteroatoms. The number of aromatic hydroxyl groups is 1. The van der Waals surface area contributed by atoms with Gasteiger partial charge in [-0.15, -0.1) is 0 Å². The van der Waals surface area contributed by atoms with Crippen molar-refractivity contribution in [2.75, 3.05) is 7.11 Å². The summed E-state index contributed by atoms with van der Waals surface area (Å²) in [6.45, 7) is 5.45. The molecule has 0 unspecified atom stereocenters. The average Bonchev–Trinajstić information content (AvgIpc) is 2.91. The van der Waals surface area contributed by atoms with Crippen molar-refractivity contribution in [3.05, 3.63) is 33.9 Å². The smallest absolute Gasteiger partial charge is 0.342 e. The highest BCUT2D eigenvalue weighted by Crippen LogP contribution is 2.42. The second-order valence-electron chi connectivity index (χ2n) is 6.11. The second-order valence-corrected chi connectivity index (χ2v) is 6.11. The molecule has 1 aliphatic rings. The molecular formula is C18H22O6. The van der Waals surface area contributed by atoms with Crippen LogP contribution in [-0.2, 0) is 22.6 Å². The first-order valence-corrected chi connectivity index (χ1v) is 7.74. The number of hydrogen-bond acceptors (Lipinski definition) is 5. The summed E-state index contributed by atoms with van der Waals surface area (Å²) < 4.78 is 10.4. The lowest BCUT2D eigenvalue weighted by molar-refractivity contribution is -0.141. The van der Waals surface area contributed by atoms with Gasteiger partial charge in [-0.05, 0) is 32.3 Å². The van der Waals surface area contributed by atoms with Crippen LogP contribution in [0.1, 0.15) is 47.3 Å². The van der Waals surface area contributed by atoms with E-state index in [1.165, 1.54) is 7.11 Å². The number of phenols is 1. The number of carboxylic acid groups (broad SMARTS) is 1. The van der Waals surface area contributed by atoms with Gasteiger partial charge in [0.2, 0.25) is 0 Å². The molecule has 1 aromatic rings. The molecule has 2 rings (SSSR count). The molecule has 0 amide bonds. The molecule has 24 heavy (non-hydrogen) atoms. The third-order valence-electron chi connectivity index (χ3n) is 4.35. The normalized spacial score (nSPS) is 15.0. The van der Waals surface area contributed by atoms with Crippen LogP contribution in [0.25, 0.3) is 0 Å². The van der Waals surface area contributed by atoms with Gasteiger partial charge in [-0.2, -0.15) is 0 Å². The first-order chi connectivity index (χ1) is 11.3. The summed E-state index contributed by atoms with van der Waals surface area (Å²) in [6, 6.07) is 0. The minimum Gasteiger partial charge on any atom is -0.507 e. The molecule has 1 aromatic carbocycles.